The van der Waals surface area contributed by atoms with E-state index in [0.717, 1.165) is 24.1 Å². The summed E-state index contributed by atoms with van der Waals surface area (Å²) in [5.74, 6) is 0.345. The van der Waals surface area contributed by atoms with Crippen LogP contribution in [0, 0.1) is 12.8 Å². The predicted octanol–water partition coefficient (Wildman–Crippen LogP) is 2.86. The lowest BCUT2D eigenvalue weighted by Gasteiger charge is -2.21. The van der Waals surface area contributed by atoms with Gasteiger partial charge < -0.3 is 5.11 Å². The zero-order valence-corrected chi connectivity index (χ0v) is 9.20. The molecule has 1 aromatic heterocycles. The van der Waals surface area contributed by atoms with Crippen molar-refractivity contribution < 1.29 is 5.11 Å². The Labute approximate surface area is 86.0 Å². The third-order valence-corrected chi connectivity index (χ3v) is 2.86. The summed E-state index contributed by atoms with van der Waals surface area (Å²) in [4.78, 5) is 4.19. The summed E-state index contributed by atoms with van der Waals surface area (Å²) < 4.78 is 0. The van der Waals surface area contributed by atoms with Crippen LogP contribution in [0.5, 0.6) is 0 Å². The molecule has 1 atom stereocenters. The van der Waals surface area contributed by atoms with Crippen LogP contribution in [0.3, 0.4) is 0 Å². The second kappa shape index (κ2) is 5.11. The van der Waals surface area contributed by atoms with Gasteiger partial charge in [-0.25, -0.2) is 0 Å². The van der Waals surface area contributed by atoms with Gasteiger partial charge in [0.2, 0.25) is 0 Å². The minimum Gasteiger partial charge on any atom is -0.388 e. The molecule has 0 radical (unpaired) electrons. The van der Waals surface area contributed by atoms with Crippen molar-refractivity contribution in [2.45, 2.75) is 39.7 Å². The summed E-state index contributed by atoms with van der Waals surface area (Å²) in [6.45, 7) is 6.17. The van der Waals surface area contributed by atoms with Crippen LogP contribution in [-0.2, 0) is 0 Å². The smallest absolute Gasteiger partial charge is 0.0835 e. The Hall–Kier alpha value is -0.890. The van der Waals surface area contributed by atoms with E-state index in [1.54, 1.807) is 6.20 Å². The van der Waals surface area contributed by atoms with E-state index in [2.05, 4.69) is 18.8 Å². The van der Waals surface area contributed by atoms with E-state index in [1.165, 1.54) is 0 Å². The molecule has 78 valence electrons. The van der Waals surface area contributed by atoms with Gasteiger partial charge >= 0.3 is 0 Å². The number of pyridine rings is 1. The molecule has 1 heterocycles. The third-order valence-electron chi connectivity index (χ3n) is 2.86. The number of aliphatic hydroxyl groups excluding tert-OH is 1. The number of nitrogens with zero attached hydrogens (tertiary/aromatic N) is 1. The van der Waals surface area contributed by atoms with Crippen molar-refractivity contribution in [3.63, 3.8) is 0 Å². The van der Waals surface area contributed by atoms with Gasteiger partial charge in [0.15, 0.2) is 0 Å². The van der Waals surface area contributed by atoms with Crippen molar-refractivity contribution >= 4 is 0 Å². The zero-order chi connectivity index (χ0) is 10.6. The fourth-order valence-electron chi connectivity index (χ4n) is 1.80. The van der Waals surface area contributed by atoms with Gasteiger partial charge in [0.1, 0.15) is 0 Å². The van der Waals surface area contributed by atoms with Gasteiger partial charge in [-0.05, 0) is 18.9 Å². The second-order valence-corrected chi connectivity index (χ2v) is 3.70. The molecule has 0 saturated heterocycles. The zero-order valence-electron chi connectivity index (χ0n) is 9.20. The highest BCUT2D eigenvalue weighted by Gasteiger charge is 2.18. The number of aryl methyl sites for hydroxylation is 1. The molecule has 0 amide bonds. The lowest BCUT2D eigenvalue weighted by atomic mass is 9.91. The first kappa shape index (κ1) is 11.2. The van der Waals surface area contributed by atoms with Crippen LogP contribution in [-0.4, -0.2) is 10.1 Å². The molecule has 0 saturated carbocycles. The van der Waals surface area contributed by atoms with Crippen molar-refractivity contribution in [3.05, 3.63) is 29.6 Å². The Morgan fingerprint density at radius 2 is 2.00 bits per heavy atom. The number of aromatic nitrogens is 1. The Balaban J connectivity index is 2.88. The predicted molar refractivity (Wildman–Crippen MR) is 58.0 cm³/mol. The quantitative estimate of drug-likeness (QED) is 0.797. The van der Waals surface area contributed by atoms with Crippen LogP contribution in [0.2, 0.25) is 0 Å². The summed E-state index contributed by atoms with van der Waals surface area (Å²) >= 11 is 0. The van der Waals surface area contributed by atoms with Crippen molar-refractivity contribution in [2.75, 3.05) is 0 Å². The minimum absolute atomic E-state index is 0.345. The fraction of sp³-hybridized carbons (Fsp3) is 0.583. The summed E-state index contributed by atoms with van der Waals surface area (Å²) in [7, 11) is 0. The molecule has 0 bridgehead atoms. The summed E-state index contributed by atoms with van der Waals surface area (Å²) in [5, 5.41) is 10.1. The monoisotopic (exact) mass is 193 g/mol. The molecule has 1 N–H and O–H groups in total. The van der Waals surface area contributed by atoms with E-state index in [0.29, 0.717) is 5.92 Å². The van der Waals surface area contributed by atoms with E-state index in [1.807, 2.05) is 19.1 Å². The van der Waals surface area contributed by atoms with Crippen LogP contribution < -0.4 is 0 Å². The molecular formula is C12H19NO. The standard InChI is InChI=1S/C12H19NO/c1-4-10(5-2)12(14)11-7-6-8-13-9(11)3/h6-8,10,12,14H,4-5H2,1-3H3. The SMILES string of the molecule is CCC(CC)C(O)c1cccnc1C. The first-order valence-electron chi connectivity index (χ1n) is 5.30. The van der Waals surface area contributed by atoms with Crippen molar-refractivity contribution in [3.8, 4) is 0 Å². The molecule has 1 aromatic rings. The van der Waals surface area contributed by atoms with Crippen LogP contribution in [0.4, 0.5) is 0 Å². The first-order valence-corrected chi connectivity index (χ1v) is 5.30. The number of hydrogen-bond acceptors (Lipinski definition) is 2. The van der Waals surface area contributed by atoms with Crippen molar-refractivity contribution in [1.82, 2.24) is 4.98 Å². The highest BCUT2D eigenvalue weighted by atomic mass is 16.3. The van der Waals surface area contributed by atoms with Gasteiger partial charge in [-0.2, -0.15) is 0 Å². The fourth-order valence-corrected chi connectivity index (χ4v) is 1.80. The molecule has 1 rings (SSSR count). The van der Waals surface area contributed by atoms with Crippen molar-refractivity contribution in [1.29, 1.82) is 0 Å². The third kappa shape index (κ3) is 2.32. The Kier molecular flexibility index (Phi) is 4.08. The van der Waals surface area contributed by atoms with E-state index >= 15 is 0 Å². The molecule has 2 heteroatoms. The van der Waals surface area contributed by atoms with E-state index in [-0.39, 0.29) is 6.10 Å². The molecule has 0 aliphatic heterocycles. The van der Waals surface area contributed by atoms with Crippen LogP contribution in [0.25, 0.3) is 0 Å². The van der Waals surface area contributed by atoms with Gasteiger partial charge in [-0.1, -0.05) is 32.8 Å². The minimum atomic E-state index is -0.362. The first-order chi connectivity index (χ1) is 6.70. The van der Waals surface area contributed by atoms with Gasteiger partial charge in [-0.15, -0.1) is 0 Å². The number of aliphatic hydroxyl groups is 1. The molecule has 2 nitrogen and oxygen atoms in total. The summed E-state index contributed by atoms with van der Waals surface area (Å²) in [5.41, 5.74) is 1.91. The molecule has 0 aliphatic carbocycles. The topological polar surface area (TPSA) is 33.1 Å². The van der Waals surface area contributed by atoms with E-state index in [9.17, 15) is 5.11 Å². The Bertz CT molecular complexity index is 281. The highest BCUT2D eigenvalue weighted by molar-refractivity contribution is 5.21. The summed E-state index contributed by atoms with van der Waals surface area (Å²) in [6.07, 6.45) is 3.41. The molecule has 0 aliphatic rings. The van der Waals surface area contributed by atoms with Crippen LogP contribution in [0.15, 0.2) is 18.3 Å². The number of rotatable bonds is 4. The van der Waals surface area contributed by atoms with Crippen molar-refractivity contribution in [2.24, 2.45) is 5.92 Å². The van der Waals surface area contributed by atoms with Gasteiger partial charge in [0.25, 0.3) is 0 Å². The highest BCUT2D eigenvalue weighted by Crippen LogP contribution is 2.28. The lowest BCUT2D eigenvalue weighted by molar-refractivity contribution is 0.102. The van der Waals surface area contributed by atoms with Crippen LogP contribution in [0.1, 0.15) is 44.1 Å². The maximum atomic E-state index is 10.1. The molecule has 0 aromatic carbocycles. The molecule has 0 fully saturated rings. The normalized spacial score (nSPS) is 13.2. The average molecular weight is 193 g/mol. The second-order valence-electron chi connectivity index (χ2n) is 3.70. The van der Waals surface area contributed by atoms with Crippen LogP contribution >= 0.6 is 0 Å². The maximum absolute atomic E-state index is 10.1. The lowest BCUT2D eigenvalue weighted by Crippen LogP contribution is -2.12. The van der Waals surface area contributed by atoms with Gasteiger partial charge in [0, 0.05) is 17.5 Å². The number of hydrogen-bond donors (Lipinski definition) is 1. The Morgan fingerprint density at radius 1 is 1.36 bits per heavy atom. The summed E-state index contributed by atoms with van der Waals surface area (Å²) in [6, 6.07) is 3.85. The molecule has 0 spiro atoms. The molecular weight excluding hydrogens is 174 g/mol. The largest absolute Gasteiger partial charge is 0.388 e. The van der Waals surface area contributed by atoms with Gasteiger partial charge in [0.05, 0.1) is 6.10 Å². The molecule has 14 heavy (non-hydrogen) atoms. The molecule has 1 unspecified atom stereocenters. The van der Waals surface area contributed by atoms with E-state index < -0.39 is 0 Å². The van der Waals surface area contributed by atoms with E-state index in [4.69, 9.17) is 0 Å². The van der Waals surface area contributed by atoms with Gasteiger partial charge in [-0.3, -0.25) is 4.98 Å². The average Bonchev–Trinajstić information content (AvgIpc) is 2.20. The maximum Gasteiger partial charge on any atom is 0.0835 e. The Morgan fingerprint density at radius 3 is 2.50 bits per heavy atom.